The van der Waals surface area contributed by atoms with Crippen LogP contribution in [0, 0.1) is 0 Å². The van der Waals surface area contributed by atoms with E-state index in [-0.39, 0.29) is 0 Å². The van der Waals surface area contributed by atoms with Crippen LogP contribution in [0.1, 0.15) is 11.1 Å². The van der Waals surface area contributed by atoms with Crippen LogP contribution < -0.4 is 11.3 Å². The van der Waals surface area contributed by atoms with Crippen molar-refractivity contribution in [3.8, 4) is 0 Å². The molecule has 6 nitrogen and oxygen atoms in total. The number of hydrogen-bond donors (Lipinski definition) is 2. The van der Waals surface area contributed by atoms with E-state index in [0.29, 0.717) is 21.2 Å². The third-order valence-electron chi connectivity index (χ3n) is 3.21. The van der Waals surface area contributed by atoms with E-state index >= 15 is 0 Å². The molecule has 3 aromatic rings. The molecule has 9 heteroatoms. The van der Waals surface area contributed by atoms with Crippen LogP contribution in [0.4, 0.5) is 5.95 Å². The molecule has 0 aliphatic heterocycles. The number of hydrazone groups is 1. The summed E-state index contributed by atoms with van der Waals surface area (Å²) in [7, 11) is 0. The summed E-state index contributed by atoms with van der Waals surface area (Å²) in [6.45, 7) is 0. The molecule has 0 amide bonds. The first-order valence-electron chi connectivity index (χ1n) is 7.25. The molecule has 0 aliphatic carbocycles. The normalized spacial score (nSPS) is 11.1. The van der Waals surface area contributed by atoms with Gasteiger partial charge in [0.05, 0.1) is 11.2 Å². The summed E-state index contributed by atoms with van der Waals surface area (Å²) in [5.74, 6) is 7.07. The number of nitrogens with two attached hydrogens (primary N) is 1. The molecule has 1 aromatic heterocycles. The predicted octanol–water partition coefficient (Wildman–Crippen LogP) is 4.04. The van der Waals surface area contributed by atoms with Gasteiger partial charge in [-0.1, -0.05) is 71.4 Å². The van der Waals surface area contributed by atoms with Gasteiger partial charge in [0.1, 0.15) is 0 Å². The molecule has 0 fully saturated rings. The van der Waals surface area contributed by atoms with Gasteiger partial charge >= 0.3 is 0 Å². The van der Waals surface area contributed by atoms with Crippen molar-refractivity contribution >= 4 is 47.1 Å². The smallest absolute Gasteiger partial charge is 0.264 e. The zero-order valence-corrected chi connectivity index (χ0v) is 15.3. The van der Waals surface area contributed by atoms with Gasteiger partial charge in [0.15, 0.2) is 0 Å². The highest BCUT2D eigenvalue weighted by molar-refractivity contribution is 7.98. The summed E-state index contributed by atoms with van der Waals surface area (Å²) >= 11 is 13.4. The molecule has 0 spiro atoms. The number of rotatable bonds is 6. The quantitative estimate of drug-likeness (QED) is 0.286. The molecule has 0 aliphatic rings. The number of nitrogens with one attached hydrogen (secondary N) is 1. The lowest BCUT2D eigenvalue weighted by Crippen LogP contribution is -2.13. The minimum atomic E-state index is 0.330. The Morgan fingerprint density at radius 2 is 1.96 bits per heavy atom. The summed E-state index contributed by atoms with van der Waals surface area (Å²) in [5, 5.41) is 13.8. The SMILES string of the molecule is Nn1c(N/N=C/c2ccc(Cl)cc2Cl)nnc1SCc1ccccc1. The minimum absolute atomic E-state index is 0.330. The van der Waals surface area contributed by atoms with Gasteiger partial charge in [-0.25, -0.2) is 10.1 Å². The zero-order valence-electron chi connectivity index (χ0n) is 12.9. The molecule has 25 heavy (non-hydrogen) atoms. The molecule has 0 saturated carbocycles. The number of thioether (sulfide) groups is 1. The molecule has 3 N–H and O–H groups in total. The van der Waals surface area contributed by atoms with Gasteiger partial charge in [0, 0.05) is 16.3 Å². The van der Waals surface area contributed by atoms with Crippen LogP contribution in [0.2, 0.25) is 10.0 Å². The van der Waals surface area contributed by atoms with Crippen molar-refractivity contribution in [2.24, 2.45) is 5.10 Å². The number of anilines is 1. The van der Waals surface area contributed by atoms with Crippen LogP contribution in [0.3, 0.4) is 0 Å². The van der Waals surface area contributed by atoms with E-state index in [1.807, 2.05) is 30.3 Å². The highest BCUT2D eigenvalue weighted by Crippen LogP contribution is 2.22. The average molecular weight is 393 g/mol. The van der Waals surface area contributed by atoms with Crippen molar-refractivity contribution in [1.29, 1.82) is 0 Å². The summed E-state index contributed by atoms with van der Waals surface area (Å²) in [6, 6.07) is 15.2. The molecular formula is C16H14Cl2N6S. The third kappa shape index (κ3) is 4.66. The van der Waals surface area contributed by atoms with E-state index < -0.39 is 0 Å². The maximum absolute atomic E-state index is 6.08. The number of aromatic nitrogens is 3. The number of nitrogens with zero attached hydrogens (tertiary/aromatic N) is 4. The van der Waals surface area contributed by atoms with E-state index in [4.69, 9.17) is 29.0 Å². The largest absolute Gasteiger partial charge is 0.334 e. The first-order chi connectivity index (χ1) is 12.1. The second-order valence-electron chi connectivity index (χ2n) is 4.99. The Bertz CT molecular complexity index is 882. The van der Waals surface area contributed by atoms with Gasteiger partial charge in [0.2, 0.25) is 5.16 Å². The Morgan fingerprint density at radius 3 is 2.72 bits per heavy atom. The first-order valence-corrected chi connectivity index (χ1v) is 8.99. The fourth-order valence-corrected chi connectivity index (χ4v) is 3.21. The Balaban J connectivity index is 1.62. The maximum Gasteiger partial charge on any atom is 0.264 e. The van der Waals surface area contributed by atoms with Gasteiger partial charge in [-0.2, -0.15) is 5.10 Å². The summed E-state index contributed by atoms with van der Waals surface area (Å²) in [4.78, 5) is 0. The Morgan fingerprint density at radius 1 is 1.16 bits per heavy atom. The van der Waals surface area contributed by atoms with Gasteiger partial charge in [-0.15, -0.1) is 10.2 Å². The number of nitrogen functional groups attached to an aromatic ring is 1. The van der Waals surface area contributed by atoms with Gasteiger partial charge < -0.3 is 5.84 Å². The molecule has 0 saturated heterocycles. The van der Waals surface area contributed by atoms with Gasteiger partial charge in [-0.05, 0) is 17.7 Å². The fraction of sp³-hybridized carbons (Fsp3) is 0.0625. The highest BCUT2D eigenvalue weighted by Gasteiger charge is 2.09. The molecule has 3 rings (SSSR count). The van der Waals surface area contributed by atoms with Crippen LogP contribution in [0.25, 0.3) is 0 Å². The minimum Gasteiger partial charge on any atom is -0.334 e. The van der Waals surface area contributed by atoms with Crippen LogP contribution in [0.5, 0.6) is 0 Å². The van der Waals surface area contributed by atoms with Crippen molar-refractivity contribution in [3.05, 3.63) is 69.7 Å². The van der Waals surface area contributed by atoms with Crippen molar-refractivity contribution in [1.82, 2.24) is 14.9 Å². The van der Waals surface area contributed by atoms with Crippen LogP contribution in [0.15, 0.2) is 58.8 Å². The molecular weight excluding hydrogens is 379 g/mol. The maximum atomic E-state index is 6.08. The van der Waals surface area contributed by atoms with E-state index in [1.165, 1.54) is 22.0 Å². The second-order valence-corrected chi connectivity index (χ2v) is 6.77. The lowest BCUT2D eigenvalue weighted by Gasteiger charge is -2.03. The number of hydrogen-bond acceptors (Lipinski definition) is 6. The van der Waals surface area contributed by atoms with Crippen molar-refractivity contribution < 1.29 is 0 Å². The lowest BCUT2D eigenvalue weighted by atomic mass is 10.2. The molecule has 0 bridgehead atoms. The van der Waals surface area contributed by atoms with Crippen molar-refractivity contribution in [3.63, 3.8) is 0 Å². The van der Waals surface area contributed by atoms with Crippen LogP contribution in [-0.4, -0.2) is 21.1 Å². The summed E-state index contributed by atoms with van der Waals surface area (Å²) < 4.78 is 1.36. The van der Waals surface area contributed by atoms with Gasteiger partial charge in [-0.3, -0.25) is 0 Å². The Kier molecular flexibility index (Phi) is 5.80. The van der Waals surface area contributed by atoms with E-state index in [0.717, 1.165) is 11.3 Å². The predicted molar refractivity (Wildman–Crippen MR) is 104 cm³/mol. The number of benzene rings is 2. The Labute approximate surface area is 159 Å². The molecule has 1 heterocycles. The average Bonchev–Trinajstić information content (AvgIpc) is 2.96. The molecule has 0 atom stereocenters. The summed E-state index contributed by atoms with van der Waals surface area (Å²) in [6.07, 6.45) is 1.56. The molecule has 0 unspecified atom stereocenters. The lowest BCUT2D eigenvalue weighted by molar-refractivity contribution is 0.847. The highest BCUT2D eigenvalue weighted by atomic mass is 35.5. The fourth-order valence-electron chi connectivity index (χ4n) is 1.94. The topological polar surface area (TPSA) is 81.1 Å². The number of halogens is 2. The van der Waals surface area contributed by atoms with Crippen LogP contribution in [-0.2, 0) is 5.75 Å². The standard InChI is InChI=1S/C16H14Cl2N6S/c17-13-7-6-12(14(18)8-13)9-20-21-15-22-23-16(24(15)19)25-10-11-4-2-1-3-5-11/h1-9H,10,19H2,(H,21,22)/b20-9+. The monoisotopic (exact) mass is 392 g/mol. The van der Waals surface area contributed by atoms with E-state index in [1.54, 1.807) is 24.4 Å². The molecule has 2 aromatic carbocycles. The zero-order chi connectivity index (χ0) is 17.6. The first kappa shape index (κ1) is 17.6. The van der Waals surface area contributed by atoms with E-state index in [2.05, 4.69) is 20.7 Å². The second kappa shape index (κ2) is 8.24. The van der Waals surface area contributed by atoms with Crippen LogP contribution >= 0.6 is 35.0 Å². The van der Waals surface area contributed by atoms with Crippen molar-refractivity contribution in [2.75, 3.05) is 11.3 Å². The summed E-state index contributed by atoms with van der Waals surface area (Å²) in [5.41, 5.74) is 4.65. The van der Waals surface area contributed by atoms with Crippen molar-refractivity contribution in [2.45, 2.75) is 10.9 Å². The third-order valence-corrected chi connectivity index (χ3v) is 4.78. The van der Waals surface area contributed by atoms with E-state index in [9.17, 15) is 0 Å². The molecule has 128 valence electrons. The van der Waals surface area contributed by atoms with Gasteiger partial charge in [0.25, 0.3) is 5.95 Å². The molecule has 0 radical (unpaired) electrons. The Hall–Kier alpha value is -2.22.